The van der Waals surface area contributed by atoms with E-state index in [9.17, 15) is 0 Å². The Morgan fingerprint density at radius 3 is 2.75 bits per heavy atom. The molecule has 0 aliphatic rings. The molecule has 16 heavy (non-hydrogen) atoms. The second-order valence-corrected chi connectivity index (χ2v) is 3.46. The van der Waals surface area contributed by atoms with Gasteiger partial charge in [0, 0.05) is 26.1 Å². The van der Waals surface area contributed by atoms with Gasteiger partial charge in [-0.05, 0) is 6.42 Å². The summed E-state index contributed by atoms with van der Waals surface area (Å²) in [4.78, 5) is 0. The molecule has 0 radical (unpaired) electrons. The van der Waals surface area contributed by atoms with Crippen LogP contribution in [0.1, 0.15) is 19.8 Å². The number of methoxy groups -OCH3 is 1. The first-order chi connectivity index (χ1) is 7.74. The van der Waals surface area contributed by atoms with Crippen molar-refractivity contribution in [1.82, 2.24) is 5.32 Å². The lowest BCUT2D eigenvalue weighted by Gasteiger charge is -2.15. The Balaban J connectivity index is 3.48. The normalized spacial score (nSPS) is 14.0. The molecule has 0 aliphatic carbocycles. The molecular weight excluding hydrogens is 210 g/mol. The summed E-state index contributed by atoms with van der Waals surface area (Å²) in [5.41, 5.74) is 5.43. The molecule has 0 saturated heterocycles. The van der Waals surface area contributed by atoms with Gasteiger partial charge in [-0.1, -0.05) is 12.1 Å². The summed E-state index contributed by atoms with van der Waals surface area (Å²) in [6, 6.07) is 0.224. The summed E-state index contributed by atoms with van der Waals surface area (Å²) in [6.07, 6.45) is 1.47. The van der Waals surface area contributed by atoms with Crippen LogP contribution in [0.2, 0.25) is 0 Å². The maximum atomic E-state index is 8.44. The smallest absolute Gasteiger partial charge is 0.140 e. The first-order valence-corrected chi connectivity index (χ1v) is 5.51. The van der Waals surface area contributed by atoms with Gasteiger partial charge in [0.1, 0.15) is 5.84 Å². The predicted molar refractivity (Wildman–Crippen MR) is 62.8 cm³/mol. The average molecular weight is 233 g/mol. The molecule has 0 amide bonds. The van der Waals surface area contributed by atoms with Crippen molar-refractivity contribution in [2.75, 3.05) is 33.5 Å². The Hall–Kier alpha value is -0.850. The Labute approximate surface area is 96.8 Å². The molecule has 0 rings (SSSR count). The summed E-state index contributed by atoms with van der Waals surface area (Å²) in [5.74, 6) is 0.250. The number of oxime groups is 1. The highest BCUT2D eigenvalue weighted by atomic mass is 16.5. The number of nitrogens with two attached hydrogens (primary N) is 1. The van der Waals surface area contributed by atoms with Crippen molar-refractivity contribution in [1.29, 1.82) is 0 Å². The van der Waals surface area contributed by atoms with E-state index in [1.54, 1.807) is 7.11 Å². The molecule has 0 saturated carbocycles. The van der Waals surface area contributed by atoms with Crippen LogP contribution in [0, 0.1) is 0 Å². The van der Waals surface area contributed by atoms with Crippen LogP contribution in [0.15, 0.2) is 5.16 Å². The minimum Gasteiger partial charge on any atom is -0.409 e. The monoisotopic (exact) mass is 233 g/mol. The molecule has 0 aliphatic heterocycles. The number of rotatable bonds is 10. The van der Waals surface area contributed by atoms with Gasteiger partial charge in [-0.3, -0.25) is 0 Å². The van der Waals surface area contributed by atoms with E-state index in [1.165, 1.54) is 0 Å². The molecule has 6 nitrogen and oxygen atoms in total. The van der Waals surface area contributed by atoms with Gasteiger partial charge >= 0.3 is 0 Å². The van der Waals surface area contributed by atoms with E-state index in [-0.39, 0.29) is 11.9 Å². The lowest BCUT2D eigenvalue weighted by Crippen LogP contribution is -2.35. The third kappa shape index (κ3) is 8.46. The minimum atomic E-state index is 0.224. The van der Waals surface area contributed by atoms with Crippen LogP contribution in [0.5, 0.6) is 0 Å². The van der Waals surface area contributed by atoms with Crippen molar-refractivity contribution >= 4 is 5.84 Å². The quantitative estimate of drug-likeness (QED) is 0.164. The van der Waals surface area contributed by atoms with Crippen molar-refractivity contribution < 1.29 is 14.7 Å². The highest BCUT2D eigenvalue weighted by molar-refractivity contribution is 5.80. The summed E-state index contributed by atoms with van der Waals surface area (Å²) in [6.45, 7) is 4.65. The molecule has 0 aromatic rings. The van der Waals surface area contributed by atoms with Crippen molar-refractivity contribution in [2.24, 2.45) is 10.9 Å². The Morgan fingerprint density at radius 1 is 1.44 bits per heavy atom. The summed E-state index contributed by atoms with van der Waals surface area (Å²) >= 11 is 0. The molecule has 4 N–H and O–H groups in total. The SMILES string of the molecule is CCC(CC(N)=NO)NCCOCCOC. The van der Waals surface area contributed by atoms with Crippen molar-refractivity contribution in [2.45, 2.75) is 25.8 Å². The summed E-state index contributed by atoms with van der Waals surface area (Å²) in [7, 11) is 1.64. The minimum absolute atomic E-state index is 0.224. The number of hydrogen-bond donors (Lipinski definition) is 3. The maximum Gasteiger partial charge on any atom is 0.140 e. The van der Waals surface area contributed by atoms with E-state index in [0.717, 1.165) is 13.0 Å². The van der Waals surface area contributed by atoms with Gasteiger partial charge in [0.05, 0.1) is 19.8 Å². The predicted octanol–water partition coefficient (Wildman–Crippen LogP) is 0.154. The first kappa shape index (κ1) is 15.2. The van der Waals surface area contributed by atoms with Crippen LogP contribution in [-0.4, -0.2) is 50.6 Å². The van der Waals surface area contributed by atoms with E-state index in [2.05, 4.69) is 10.5 Å². The van der Waals surface area contributed by atoms with Gasteiger partial charge in [0.25, 0.3) is 0 Å². The van der Waals surface area contributed by atoms with Crippen LogP contribution in [0.4, 0.5) is 0 Å². The third-order valence-corrected chi connectivity index (χ3v) is 2.19. The Bertz CT molecular complexity index is 188. The zero-order valence-corrected chi connectivity index (χ0v) is 10.1. The van der Waals surface area contributed by atoms with E-state index >= 15 is 0 Å². The molecule has 6 heteroatoms. The van der Waals surface area contributed by atoms with Gasteiger partial charge < -0.3 is 25.7 Å². The molecule has 0 bridgehead atoms. The number of nitrogens with one attached hydrogen (secondary N) is 1. The Morgan fingerprint density at radius 2 is 2.19 bits per heavy atom. The average Bonchev–Trinajstić information content (AvgIpc) is 2.31. The fourth-order valence-corrected chi connectivity index (χ4v) is 1.23. The number of amidine groups is 1. The first-order valence-electron chi connectivity index (χ1n) is 5.51. The van der Waals surface area contributed by atoms with Gasteiger partial charge in [-0.2, -0.15) is 0 Å². The fraction of sp³-hybridized carbons (Fsp3) is 0.900. The second-order valence-electron chi connectivity index (χ2n) is 3.46. The van der Waals surface area contributed by atoms with Crippen LogP contribution in [0.25, 0.3) is 0 Å². The van der Waals surface area contributed by atoms with Crippen molar-refractivity contribution in [3.8, 4) is 0 Å². The van der Waals surface area contributed by atoms with Gasteiger partial charge in [-0.25, -0.2) is 0 Å². The molecule has 1 atom stereocenters. The molecule has 96 valence electrons. The van der Waals surface area contributed by atoms with Gasteiger partial charge in [0.2, 0.25) is 0 Å². The molecule has 1 unspecified atom stereocenters. The molecule has 0 aromatic heterocycles. The molecule has 0 fully saturated rings. The van der Waals surface area contributed by atoms with Crippen molar-refractivity contribution in [3.05, 3.63) is 0 Å². The maximum absolute atomic E-state index is 8.44. The lowest BCUT2D eigenvalue weighted by atomic mass is 10.1. The van der Waals surface area contributed by atoms with Crippen LogP contribution in [0.3, 0.4) is 0 Å². The number of ether oxygens (including phenoxy) is 2. The molecule has 0 aromatic carbocycles. The molecular formula is C10H23N3O3. The zero-order chi connectivity index (χ0) is 12.2. The van der Waals surface area contributed by atoms with E-state index in [4.69, 9.17) is 20.4 Å². The summed E-state index contributed by atoms with van der Waals surface area (Å²) < 4.78 is 10.2. The summed E-state index contributed by atoms with van der Waals surface area (Å²) in [5, 5.41) is 14.7. The van der Waals surface area contributed by atoms with Crippen molar-refractivity contribution in [3.63, 3.8) is 0 Å². The Kier molecular flexibility index (Phi) is 10.1. The van der Waals surface area contributed by atoms with E-state index in [1.807, 2.05) is 6.92 Å². The number of hydrogen-bond acceptors (Lipinski definition) is 5. The van der Waals surface area contributed by atoms with E-state index < -0.39 is 0 Å². The second kappa shape index (κ2) is 10.7. The van der Waals surface area contributed by atoms with Crippen LogP contribution in [-0.2, 0) is 9.47 Å². The highest BCUT2D eigenvalue weighted by Crippen LogP contribution is 1.96. The van der Waals surface area contributed by atoms with Gasteiger partial charge in [0.15, 0.2) is 0 Å². The lowest BCUT2D eigenvalue weighted by molar-refractivity contribution is 0.0710. The fourth-order valence-electron chi connectivity index (χ4n) is 1.23. The zero-order valence-electron chi connectivity index (χ0n) is 10.1. The molecule has 0 spiro atoms. The standard InChI is InChI=1S/C10H23N3O3/c1-3-9(8-10(11)13-14)12-4-5-16-7-6-15-2/h9,12,14H,3-8H2,1-2H3,(H2,11,13). The largest absolute Gasteiger partial charge is 0.409 e. The molecule has 0 heterocycles. The van der Waals surface area contributed by atoms with Crippen LogP contribution < -0.4 is 11.1 Å². The number of nitrogens with zero attached hydrogens (tertiary/aromatic N) is 1. The highest BCUT2D eigenvalue weighted by Gasteiger charge is 2.07. The third-order valence-electron chi connectivity index (χ3n) is 2.19. The topological polar surface area (TPSA) is 89.1 Å². The van der Waals surface area contributed by atoms with Gasteiger partial charge in [-0.15, -0.1) is 0 Å². The van der Waals surface area contributed by atoms with Crippen LogP contribution >= 0.6 is 0 Å². The van der Waals surface area contributed by atoms with E-state index in [0.29, 0.717) is 26.2 Å².